The number of benzene rings is 2. The van der Waals surface area contributed by atoms with E-state index in [-0.39, 0.29) is 35.5 Å². The molecule has 2 aliphatic rings. The van der Waals surface area contributed by atoms with Gasteiger partial charge in [-0.2, -0.15) is 0 Å². The van der Waals surface area contributed by atoms with Crippen LogP contribution in [0.3, 0.4) is 0 Å². The lowest BCUT2D eigenvalue weighted by atomic mass is 10.1. The van der Waals surface area contributed by atoms with Gasteiger partial charge in [-0.15, -0.1) is 0 Å². The molecule has 1 saturated heterocycles. The van der Waals surface area contributed by atoms with Gasteiger partial charge in [0, 0.05) is 24.7 Å². The van der Waals surface area contributed by atoms with Gasteiger partial charge in [-0.3, -0.25) is 9.59 Å². The summed E-state index contributed by atoms with van der Waals surface area (Å²) in [5.74, 6) is -1.92. The van der Waals surface area contributed by atoms with E-state index in [1.165, 1.54) is 29.2 Å². The van der Waals surface area contributed by atoms with Crippen molar-refractivity contribution < 1.29 is 22.4 Å². The van der Waals surface area contributed by atoms with Crippen molar-refractivity contribution in [3.8, 4) is 0 Å². The van der Waals surface area contributed by atoms with Crippen LogP contribution in [-0.2, 0) is 19.6 Å². The lowest BCUT2D eigenvalue weighted by molar-refractivity contribution is -0.122. The highest BCUT2D eigenvalue weighted by Gasteiger charge is 2.36. The number of nitrogens with zero attached hydrogens (tertiary/aromatic N) is 1. The minimum Gasteiger partial charge on any atom is -0.326 e. The topological polar surface area (TPSA) is 95.6 Å². The van der Waals surface area contributed by atoms with Gasteiger partial charge in [-0.05, 0) is 55.7 Å². The van der Waals surface area contributed by atoms with Crippen LogP contribution in [0.5, 0.6) is 0 Å². The van der Waals surface area contributed by atoms with E-state index in [1.54, 1.807) is 25.1 Å². The Kier molecular flexibility index (Phi) is 5.33. The number of amides is 2. The van der Waals surface area contributed by atoms with E-state index in [0.29, 0.717) is 5.69 Å². The molecule has 0 aromatic heterocycles. The summed E-state index contributed by atoms with van der Waals surface area (Å²) in [6, 6.07) is 10.5. The number of sulfonamides is 1. The summed E-state index contributed by atoms with van der Waals surface area (Å²) in [4.78, 5) is 26.4. The maximum Gasteiger partial charge on any atom is 0.240 e. The van der Waals surface area contributed by atoms with Crippen LogP contribution in [0, 0.1) is 18.7 Å². The van der Waals surface area contributed by atoms with E-state index in [1.807, 2.05) is 0 Å². The van der Waals surface area contributed by atoms with Gasteiger partial charge in [0.1, 0.15) is 5.82 Å². The molecule has 0 bridgehead atoms. The summed E-state index contributed by atoms with van der Waals surface area (Å²) in [5.41, 5.74) is 1.22. The summed E-state index contributed by atoms with van der Waals surface area (Å²) in [6.45, 7) is 1.81. The van der Waals surface area contributed by atoms with Crippen LogP contribution in [-0.4, -0.2) is 32.8 Å². The van der Waals surface area contributed by atoms with Crippen molar-refractivity contribution in [2.75, 3.05) is 16.8 Å². The summed E-state index contributed by atoms with van der Waals surface area (Å²) < 4.78 is 41.6. The minimum absolute atomic E-state index is 0.0223. The van der Waals surface area contributed by atoms with Crippen LogP contribution >= 0.6 is 0 Å². The number of halogens is 1. The van der Waals surface area contributed by atoms with Gasteiger partial charge < -0.3 is 10.2 Å². The zero-order chi connectivity index (χ0) is 21.5. The monoisotopic (exact) mass is 431 g/mol. The van der Waals surface area contributed by atoms with E-state index in [9.17, 15) is 22.4 Å². The van der Waals surface area contributed by atoms with Gasteiger partial charge in [0.05, 0.1) is 16.5 Å². The maximum absolute atomic E-state index is 14.2. The fourth-order valence-corrected chi connectivity index (χ4v) is 4.77. The Morgan fingerprint density at radius 2 is 1.93 bits per heavy atom. The molecule has 30 heavy (non-hydrogen) atoms. The third-order valence-corrected chi connectivity index (χ3v) is 6.72. The molecule has 2 amide bonds. The first kappa shape index (κ1) is 20.5. The molecular formula is C21H22FN3O4S. The maximum atomic E-state index is 14.2. The second-order valence-electron chi connectivity index (χ2n) is 7.77. The van der Waals surface area contributed by atoms with Crippen LogP contribution in [0.15, 0.2) is 47.4 Å². The number of anilines is 2. The quantitative estimate of drug-likeness (QED) is 0.735. The molecule has 1 heterocycles. The molecule has 1 unspecified atom stereocenters. The molecule has 2 N–H and O–H groups in total. The van der Waals surface area contributed by atoms with Crippen molar-refractivity contribution in [2.24, 2.45) is 5.92 Å². The van der Waals surface area contributed by atoms with E-state index >= 15 is 0 Å². The highest BCUT2D eigenvalue weighted by Crippen LogP contribution is 2.29. The van der Waals surface area contributed by atoms with Crippen LogP contribution < -0.4 is 14.9 Å². The first-order chi connectivity index (χ1) is 14.2. The second-order valence-corrected chi connectivity index (χ2v) is 9.49. The van der Waals surface area contributed by atoms with Crippen LogP contribution in [0.25, 0.3) is 0 Å². The predicted octanol–water partition coefficient (Wildman–Crippen LogP) is 2.57. The standard InChI is InChI=1S/C21H22FN3O4S/c1-13-5-8-19(18(22)9-13)25-12-14(10-20(25)26)21(27)23-16-3-2-4-17(11-16)30(28,29)24-15-6-7-15/h2-5,8-9,11,14-15,24H,6-7,10,12H2,1H3,(H,23,27). The van der Waals surface area contributed by atoms with Gasteiger partial charge in [-0.25, -0.2) is 17.5 Å². The van der Waals surface area contributed by atoms with E-state index in [4.69, 9.17) is 0 Å². The fourth-order valence-electron chi connectivity index (χ4n) is 3.42. The molecule has 1 atom stereocenters. The average Bonchev–Trinajstić information content (AvgIpc) is 3.40. The zero-order valence-corrected chi connectivity index (χ0v) is 17.2. The Morgan fingerprint density at radius 3 is 2.63 bits per heavy atom. The number of carbonyl (C=O) groups excluding carboxylic acids is 2. The van der Waals surface area contributed by atoms with E-state index in [0.717, 1.165) is 18.4 Å². The van der Waals surface area contributed by atoms with E-state index in [2.05, 4.69) is 10.0 Å². The molecule has 1 aliphatic heterocycles. The fraction of sp³-hybridized carbons (Fsp3) is 0.333. The summed E-state index contributed by atoms with van der Waals surface area (Å²) in [5, 5.41) is 2.68. The molecule has 7 nitrogen and oxygen atoms in total. The van der Waals surface area contributed by atoms with Crippen molar-refractivity contribution >= 4 is 33.2 Å². The van der Waals surface area contributed by atoms with Gasteiger partial charge >= 0.3 is 0 Å². The molecule has 0 radical (unpaired) electrons. The first-order valence-corrected chi connectivity index (χ1v) is 11.2. The van der Waals surface area contributed by atoms with Crippen molar-refractivity contribution in [1.82, 2.24) is 4.72 Å². The van der Waals surface area contributed by atoms with Crippen molar-refractivity contribution in [3.05, 3.63) is 53.8 Å². The number of hydrogen-bond donors (Lipinski definition) is 2. The van der Waals surface area contributed by atoms with Gasteiger partial charge in [-0.1, -0.05) is 12.1 Å². The molecule has 4 rings (SSSR count). The summed E-state index contributed by atoms with van der Waals surface area (Å²) in [7, 11) is -3.64. The Balaban J connectivity index is 1.45. The molecule has 158 valence electrons. The highest BCUT2D eigenvalue weighted by molar-refractivity contribution is 7.89. The molecular weight excluding hydrogens is 409 g/mol. The van der Waals surface area contributed by atoms with Crippen LogP contribution in [0.1, 0.15) is 24.8 Å². The molecule has 9 heteroatoms. The molecule has 2 aromatic carbocycles. The predicted molar refractivity (Wildman–Crippen MR) is 110 cm³/mol. The molecule has 1 saturated carbocycles. The third-order valence-electron chi connectivity index (χ3n) is 5.20. The van der Waals surface area contributed by atoms with Crippen molar-refractivity contribution in [2.45, 2.75) is 37.1 Å². The molecule has 2 fully saturated rings. The number of rotatable bonds is 6. The van der Waals surface area contributed by atoms with Crippen LogP contribution in [0.2, 0.25) is 0 Å². The lowest BCUT2D eigenvalue weighted by Gasteiger charge is -2.18. The Hall–Kier alpha value is -2.78. The first-order valence-electron chi connectivity index (χ1n) is 9.73. The lowest BCUT2D eigenvalue weighted by Crippen LogP contribution is -2.29. The number of carbonyl (C=O) groups is 2. The number of nitrogens with one attached hydrogen (secondary N) is 2. The number of aryl methyl sites for hydroxylation is 1. The summed E-state index contributed by atoms with van der Waals surface area (Å²) >= 11 is 0. The Morgan fingerprint density at radius 1 is 1.17 bits per heavy atom. The Bertz CT molecular complexity index is 1110. The molecule has 0 spiro atoms. The van der Waals surface area contributed by atoms with Crippen LogP contribution in [0.4, 0.5) is 15.8 Å². The molecule has 1 aliphatic carbocycles. The molecule has 2 aromatic rings. The SMILES string of the molecule is Cc1ccc(N2CC(C(=O)Nc3cccc(S(=O)(=O)NC4CC4)c3)CC2=O)c(F)c1. The smallest absolute Gasteiger partial charge is 0.240 e. The van der Waals surface area contributed by atoms with Crippen molar-refractivity contribution in [1.29, 1.82) is 0 Å². The average molecular weight is 431 g/mol. The Labute approximate surface area is 174 Å². The zero-order valence-electron chi connectivity index (χ0n) is 16.4. The summed E-state index contributed by atoms with van der Waals surface area (Å²) in [6.07, 6.45) is 1.60. The van der Waals surface area contributed by atoms with Gasteiger partial charge in [0.2, 0.25) is 21.8 Å². The second kappa shape index (κ2) is 7.81. The number of hydrogen-bond acceptors (Lipinski definition) is 4. The minimum atomic E-state index is -3.64. The van der Waals surface area contributed by atoms with Crippen molar-refractivity contribution in [3.63, 3.8) is 0 Å². The largest absolute Gasteiger partial charge is 0.326 e. The van der Waals surface area contributed by atoms with E-state index < -0.39 is 27.7 Å². The highest BCUT2D eigenvalue weighted by atomic mass is 32.2. The third kappa shape index (κ3) is 4.36. The van der Waals surface area contributed by atoms with Gasteiger partial charge in [0.15, 0.2) is 0 Å². The van der Waals surface area contributed by atoms with Gasteiger partial charge in [0.25, 0.3) is 0 Å². The normalized spacial score (nSPS) is 19.2.